The number of hydrogen-bond donors (Lipinski definition) is 2. The van der Waals surface area contributed by atoms with E-state index in [1.807, 2.05) is 0 Å². The minimum absolute atomic E-state index is 0.244. The first-order chi connectivity index (χ1) is 10.1. The summed E-state index contributed by atoms with van der Waals surface area (Å²) in [6.45, 7) is 0.515. The summed E-state index contributed by atoms with van der Waals surface area (Å²) in [5, 5.41) is 3.17. The maximum absolute atomic E-state index is 12.8. The number of nitrogens with two attached hydrogens (primary N) is 1. The molecule has 5 heteroatoms. The van der Waals surface area contributed by atoms with Gasteiger partial charge in [0.15, 0.2) is 0 Å². The van der Waals surface area contributed by atoms with Gasteiger partial charge in [0.25, 0.3) is 5.91 Å². The van der Waals surface area contributed by atoms with Crippen molar-refractivity contribution in [2.45, 2.75) is 12.8 Å². The second-order valence-electron chi connectivity index (χ2n) is 4.73. The predicted octanol–water partition coefficient (Wildman–Crippen LogP) is 3.42. The van der Waals surface area contributed by atoms with Crippen molar-refractivity contribution < 1.29 is 9.18 Å². The minimum atomic E-state index is -0.247. The highest BCUT2D eigenvalue weighted by Crippen LogP contribution is 2.18. The first kappa shape index (κ1) is 15.3. The fourth-order valence-electron chi connectivity index (χ4n) is 1.96. The number of hydrogen-bond acceptors (Lipinski definition) is 2. The summed E-state index contributed by atoms with van der Waals surface area (Å²) in [5.41, 5.74) is 7.54. The molecule has 0 bridgehead atoms. The molecular formula is C16H16ClFN2O. The van der Waals surface area contributed by atoms with Crippen molar-refractivity contribution in [1.29, 1.82) is 0 Å². The molecule has 2 aromatic rings. The zero-order valence-electron chi connectivity index (χ0n) is 11.4. The molecule has 0 aliphatic rings. The van der Waals surface area contributed by atoms with Gasteiger partial charge in [-0.05, 0) is 48.7 Å². The first-order valence-electron chi connectivity index (χ1n) is 6.64. The van der Waals surface area contributed by atoms with E-state index < -0.39 is 0 Å². The van der Waals surface area contributed by atoms with Crippen LogP contribution in [0.4, 0.5) is 10.1 Å². The molecule has 0 unspecified atom stereocenters. The van der Waals surface area contributed by atoms with Gasteiger partial charge in [0.1, 0.15) is 5.82 Å². The highest BCUT2D eigenvalue weighted by atomic mass is 35.5. The average Bonchev–Trinajstić information content (AvgIpc) is 2.47. The van der Waals surface area contributed by atoms with E-state index in [1.54, 1.807) is 30.3 Å². The lowest BCUT2D eigenvalue weighted by Gasteiger charge is -2.07. The van der Waals surface area contributed by atoms with Crippen molar-refractivity contribution >= 4 is 23.2 Å². The number of benzene rings is 2. The Hall–Kier alpha value is -2.07. The minimum Gasteiger partial charge on any atom is -0.399 e. The van der Waals surface area contributed by atoms with Crippen LogP contribution < -0.4 is 11.1 Å². The molecule has 0 aliphatic carbocycles. The van der Waals surface area contributed by atoms with E-state index in [-0.39, 0.29) is 11.7 Å². The number of nitrogens with one attached hydrogen (secondary N) is 1. The monoisotopic (exact) mass is 306 g/mol. The van der Waals surface area contributed by atoms with Gasteiger partial charge in [0.05, 0.1) is 10.6 Å². The number of rotatable bonds is 5. The number of anilines is 1. The molecule has 0 saturated carbocycles. The Morgan fingerprint density at radius 3 is 2.62 bits per heavy atom. The Morgan fingerprint density at radius 2 is 1.90 bits per heavy atom. The van der Waals surface area contributed by atoms with Crippen molar-refractivity contribution in [2.24, 2.45) is 0 Å². The number of carbonyl (C=O) groups is 1. The van der Waals surface area contributed by atoms with Gasteiger partial charge in [-0.1, -0.05) is 23.7 Å². The predicted molar refractivity (Wildman–Crippen MR) is 82.9 cm³/mol. The summed E-state index contributed by atoms with van der Waals surface area (Å²) >= 11 is 5.96. The highest BCUT2D eigenvalue weighted by molar-refractivity contribution is 6.34. The molecule has 0 radical (unpaired) electrons. The van der Waals surface area contributed by atoms with E-state index in [0.29, 0.717) is 22.8 Å². The van der Waals surface area contributed by atoms with Crippen LogP contribution >= 0.6 is 11.6 Å². The number of carbonyl (C=O) groups excluding carboxylic acids is 1. The third kappa shape index (κ3) is 4.46. The summed E-state index contributed by atoms with van der Waals surface area (Å²) in [5.74, 6) is -0.491. The first-order valence-corrected chi connectivity index (χ1v) is 7.02. The molecule has 0 fully saturated rings. The summed E-state index contributed by atoms with van der Waals surface area (Å²) in [6, 6.07) is 11.1. The Balaban J connectivity index is 1.81. The topological polar surface area (TPSA) is 55.1 Å². The Morgan fingerprint density at radius 1 is 1.19 bits per heavy atom. The molecule has 0 atom stereocenters. The molecule has 21 heavy (non-hydrogen) atoms. The van der Waals surface area contributed by atoms with Crippen molar-refractivity contribution in [3.63, 3.8) is 0 Å². The van der Waals surface area contributed by atoms with Crippen molar-refractivity contribution in [3.8, 4) is 0 Å². The largest absolute Gasteiger partial charge is 0.399 e. The Bertz CT molecular complexity index is 629. The molecule has 2 aromatic carbocycles. The molecule has 110 valence electrons. The van der Waals surface area contributed by atoms with Gasteiger partial charge < -0.3 is 11.1 Å². The molecular weight excluding hydrogens is 291 g/mol. The smallest absolute Gasteiger partial charge is 0.252 e. The van der Waals surface area contributed by atoms with Gasteiger partial charge in [-0.2, -0.15) is 0 Å². The molecule has 0 aromatic heterocycles. The molecule has 0 spiro atoms. The lowest BCUT2D eigenvalue weighted by Crippen LogP contribution is -2.25. The van der Waals surface area contributed by atoms with E-state index in [2.05, 4.69) is 5.32 Å². The third-order valence-corrected chi connectivity index (χ3v) is 3.41. The average molecular weight is 307 g/mol. The second-order valence-corrected chi connectivity index (χ2v) is 5.13. The lowest BCUT2D eigenvalue weighted by atomic mass is 10.1. The third-order valence-electron chi connectivity index (χ3n) is 3.08. The van der Waals surface area contributed by atoms with Crippen LogP contribution in [0.1, 0.15) is 22.3 Å². The molecule has 2 rings (SSSR count). The van der Waals surface area contributed by atoms with Gasteiger partial charge in [-0.15, -0.1) is 0 Å². The van der Waals surface area contributed by atoms with Crippen LogP contribution in [-0.2, 0) is 6.42 Å². The van der Waals surface area contributed by atoms with Gasteiger partial charge >= 0.3 is 0 Å². The molecule has 0 heterocycles. The van der Waals surface area contributed by atoms with Crippen LogP contribution in [-0.4, -0.2) is 12.5 Å². The normalized spacial score (nSPS) is 10.4. The van der Waals surface area contributed by atoms with Crippen LogP contribution in [0.15, 0.2) is 42.5 Å². The molecule has 3 nitrogen and oxygen atoms in total. The van der Waals surface area contributed by atoms with Crippen LogP contribution in [0.5, 0.6) is 0 Å². The zero-order valence-corrected chi connectivity index (χ0v) is 12.2. The van der Waals surface area contributed by atoms with Crippen LogP contribution in [0, 0.1) is 5.82 Å². The maximum Gasteiger partial charge on any atom is 0.252 e. The van der Waals surface area contributed by atoms with Crippen molar-refractivity contribution in [1.82, 2.24) is 5.32 Å². The van der Waals surface area contributed by atoms with Crippen LogP contribution in [0.2, 0.25) is 5.02 Å². The Labute approximate surface area is 127 Å². The summed E-state index contributed by atoms with van der Waals surface area (Å²) in [6.07, 6.45) is 1.53. The Kier molecular flexibility index (Phi) is 5.17. The van der Waals surface area contributed by atoms with Gasteiger partial charge in [0.2, 0.25) is 0 Å². The molecule has 1 amide bonds. The fourth-order valence-corrected chi connectivity index (χ4v) is 2.16. The highest BCUT2D eigenvalue weighted by Gasteiger charge is 2.09. The fraction of sp³-hybridized carbons (Fsp3) is 0.188. The SMILES string of the molecule is Nc1ccc(Cl)c(C(=O)NCCCc2ccc(F)cc2)c1. The van der Waals surface area contributed by atoms with Crippen molar-refractivity contribution in [3.05, 3.63) is 64.4 Å². The summed E-state index contributed by atoms with van der Waals surface area (Å²) in [4.78, 5) is 12.0. The number of nitrogen functional groups attached to an aromatic ring is 1. The molecule has 0 saturated heterocycles. The quantitative estimate of drug-likeness (QED) is 0.657. The second kappa shape index (κ2) is 7.09. The van der Waals surface area contributed by atoms with E-state index in [9.17, 15) is 9.18 Å². The number of aryl methyl sites for hydroxylation is 1. The summed E-state index contributed by atoms with van der Waals surface area (Å²) < 4.78 is 12.8. The number of halogens is 2. The van der Waals surface area contributed by atoms with E-state index in [0.717, 1.165) is 18.4 Å². The van der Waals surface area contributed by atoms with E-state index >= 15 is 0 Å². The van der Waals surface area contributed by atoms with Crippen molar-refractivity contribution in [2.75, 3.05) is 12.3 Å². The van der Waals surface area contributed by atoms with E-state index in [4.69, 9.17) is 17.3 Å². The molecule has 0 aliphatic heterocycles. The lowest BCUT2D eigenvalue weighted by molar-refractivity contribution is 0.0953. The van der Waals surface area contributed by atoms with Crippen LogP contribution in [0.25, 0.3) is 0 Å². The number of amides is 1. The maximum atomic E-state index is 12.8. The molecule has 3 N–H and O–H groups in total. The van der Waals surface area contributed by atoms with Gasteiger partial charge in [0, 0.05) is 12.2 Å². The van der Waals surface area contributed by atoms with Gasteiger partial charge in [-0.25, -0.2) is 4.39 Å². The zero-order chi connectivity index (χ0) is 15.2. The summed E-state index contributed by atoms with van der Waals surface area (Å²) in [7, 11) is 0. The standard InChI is InChI=1S/C16H16ClFN2O/c17-15-8-7-13(19)10-14(15)16(21)20-9-1-2-11-3-5-12(18)6-4-11/h3-8,10H,1-2,9,19H2,(H,20,21). The van der Waals surface area contributed by atoms with Crippen LogP contribution in [0.3, 0.4) is 0 Å². The van der Waals surface area contributed by atoms with E-state index in [1.165, 1.54) is 12.1 Å². The van der Waals surface area contributed by atoms with Gasteiger partial charge in [-0.3, -0.25) is 4.79 Å².